The normalized spacial score (nSPS) is 10.7. The number of hydrogen-bond acceptors (Lipinski definition) is 5. The maximum atomic E-state index is 12.1. The molecule has 1 N–H and O–H groups in total. The van der Waals surface area contributed by atoms with Gasteiger partial charge in [-0.2, -0.15) is 0 Å². The number of rotatable bonds is 5. The van der Waals surface area contributed by atoms with Crippen molar-refractivity contribution in [2.45, 2.75) is 13.8 Å². The first-order valence-corrected chi connectivity index (χ1v) is 7.76. The first-order valence-electron chi connectivity index (χ1n) is 7.38. The Bertz CT molecular complexity index is 940. The molecule has 0 saturated heterocycles. The summed E-state index contributed by atoms with van der Waals surface area (Å²) in [5.41, 5.74) is 1.40. The smallest absolute Gasteiger partial charge is 0.293 e. The van der Waals surface area contributed by atoms with Gasteiger partial charge in [-0.3, -0.25) is 25.0 Å². The van der Waals surface area contributed by atoms with Crippen LogP contribution in [0.4, 0.5) is 17.1 Å². The van der Waals surface area contributed by atoms with Crippen LogP contribution in [0.15, 0.2) is 36.4 Å². The fourth-order valence-electron chi connectivity index (χ4n) is 2.22. The molecule has 0 aromatic heterocycles. The topological polar surface area (TPSA) is 115 Å². The summed E-state index contributed by atoms with van der Waals surface area (Å²) in [4.78, 5) is 32.9. The molecule has 0 radical (unpaired) electrons. The van der Waals surface area contributed by atoms with Gasteiger partial charge in [0.15, 0.2) is 0 Å². The van der Waals surface area contributed by atoms with Crippen LogP contribution >= 0.6 is 11.6 Å². The van der Waals surface area contributed by atoms with Gasteiger partial charge in [-0.05, 0) is 42.7 Å². The van der Waals surface area contributed by atoms with Crippen molar-refractivity contribution in [2.75, 3.05) is 5.32 Å². The van der Waals surface area contributed by atoms with E-state index >= 15 is 0 Å². The molecule has 0 saturated carbocycles. The zero-order valence-electron chi connectivity index (χ0n) is 13.9. The molecule has 0 aliphatic carbocycles. The van der Waals surface area contributed by atoms with E-state index < -0.39 is 15.8 Å². The van der Waals surface area contributed by atoms with Gasteiger partial charge in [-0.1, -0.05) is 23.7 Å². The molecular formula is C17H14ClN3O5. The molecule has 2 rings (SSSR count). The summed E-state index contributed by atoms with van der Waals surface area (Å²) in [7, 11) is 0. The van der Waals surface area contributed by atoms with Gasteiger partial charge >= 0.3 is 0 Å². The summed E-state index contributed by atoms with van der Waals surface area (Å²) >= 11 is 5.73. The monoisotopic (exact) mass is 375 g/mol. The van der Waals surface area contributed by atoms with Gasteiger partial charge < -0.3 is 5.32 Å². The number of aryl methyl sites for hydroxylation is 1. The fourth-order valence-corrected chi connectivity index (χ4v) is 2.41. The fraction of sp³-hybridized carbons (Fsp3) is 0.118. The number of nitrogens with zero attached hydrogens (tertiary/aromatic N) is 2. The van der Waals surface area contributed by atoms with Crippen LogP contribution in [-0.2, 0) is 4.79 Å². The average molecular weight is 376 g/mol. The van der Waals surface area contributed by atoms with Gasteiger partial charge in [-0.15, -0.1) is 0 Å². The quantitative estimate of drug-likeness (QED) is 0.471. The van der Waals surface area contributed by atoms with E-state index in [1.165, 1.54) is 30.3 Å². The zero-order valence-corrected chi connectivity index (χ0v) is 14.6. The minimum Gasteiger partial charge on any atom is -0.317 e. The maximum absolute atomic E-state index is 12.1. The molecule has 1 amide bonds. The standard InChI is InChI=1S/C17H14ClN3O5/c1-10-3-7-14(20(23)24)17(11(10)2)19-16(22)8-5-12-4-6-13(18)15(9-12)21(25)26/h3-9H,1-2H3,(H,19,22). The minimum absolute atomic E-state index is 0.0115. The Balaban J connectivity index is 2.26. The Morgan fingerprint density at radius 1 is 1.08 bits per heavy atom. The Labute approximate surface area is 153 Å². The summed E-state index contributed by atoms with van der Waals surface area (Å²) < 4.78 is 0. The Morgan fingerprint density at radius 3 is 2.35 bits per heavy atom. The highest BCUT2D eigenvalue weighted by Gasteiger charge is 2.18. The first kappa shape index (κ1) is 19.1. The van der Waals surface area contributed by atoms with Crippen LogP contribution in [0.5, 0.6) is 0 Å². The van der Waals surface area contributed by atoms with E-state index in [1.54, 1.807) is 19.9 Å². The third-order valence-corrected chi connectivity index (χ3v) is 4.07. The maximum Gasteiger partial charge on any atom is 0.293 e. The van der Waals surface area contributed by atoms with Crippen molar-refractivity contribution >= 4 is 40.6 Å². The van der Waals surface area contributed by atoms with E-state index in [0.29, 0.717) is 11.1 Å². The molecule has 0 bridgehead atoms. The Kier molecular flexibility index (Phi) is 5.68. The Morgan fingerprint density at radius 2 is 1.73 bits per heavy atom. The molecular weight excluding hydrogens is 362 g/mol. The van der Waals surface area contributed by atoms with Gasteiger partial charge in [0, 0.05) is 18.2 Å². The van der Waals surface area contributed by atoms with Gasteiger partial charge in [0.2, 0.25) is 5.91 Å². The van der Waals surface area contributed by atoms with Crippen LogP contribution in [0.3, 0.4) is 0 Å². The van der Waals surface area contributed by atoms with E-state index in [4.69, 9.17) is 11.6 Å². The van der Waals surface area contributed by atoms with E-state index in [-0.39, 0.29) is 22.1 Å². The van der Waals surface area contributed by atoms with Crippen molar-refractivity contribution in [2.24, 2.45) is 0 Å². The number of nitrogens with one attached hydrogen (secondary N) is 1. The lowest BCUT2D eigenvalue weighted by Crippen LogP contribution is -2.11. The van der Waals surface area contributed by atoms with Crippen molar-refractivity contribution in [1.82, 2.24) is 0 Å². The van der Waals surface area contributed by atoms with Crippen LogP contribution in [0.1, 0.15) is 16.7 Å². The van der Waals surface area contributed by atoms with Crippen LogP contribution in [0, 0.1) is 34.1 Å². The Hall–Kier alpha value is -3.26. The van der Waals surface area contributed by atoms with Crippen LogP contribution in [0.2, 0.25) is 5.02 Å². The lowest BCUT2D eigenvalue weighted by Gasteiger charge is -2.09. The van der Waals surface area contributed by atoms with E-state index in [1.807, 2.05) is 0 Å². The van der Waals surface area contributed by atoms with Gasteiger partial charge in [0.05, 0.1) is 9.85 Å². The second-order valence-electron chi connectivity index (χ2n) is 5.45. The van der Waals surface area contributed by atoms with Crippen molar-refractivity contribution in [3.8, 4) is 0 Å². The number of halogens is 1. The minimum atomic E-state index is -0.626. The average Bonchev–Trinajstić information content (AvgIpc) is 2.57. The highest BCUT2D eigenvalue weighted by atomic mass is 35.5. The number of hydrogen-bond donors (Lipinski definition) is 1. The SMILES string of the molecule is Cc1ccc([N+](=O)[O-])c(NC(=O)C=Cc2ccc(Cl)c([N+](=O)[O-])c2)c1C. The summed E-state index contributed by atoms with van der Waals surface area (Å²) in [6.45, 7) is 3.45. The van der Waals surface area contributed by atoms with Crippen LogP contribution in [-0.4, -0.2) is 15.8 Å². The van der Waals surface area contributed by atoms with E-state index in [9.17, 15) is 25.0 Å². The highest BCUT2D eigenvalue weighted by molar-refractivity contribution is 6.32. The molecule has 0 unspecified atom stereocenters. The molecule has 0 aliphatic heterocycles. The second-order valence-corrected chi connectivity index (χ2v) is 5.86. The lowest BCUT2D eigenvalue weighted by atomic mass is 10.1. The number of nitro benzene ring substituents is 2. The van der Waals surface area contributed by atoms with Crippen LogP contribution in [0.25, 0.3) is 6.08 Å². The zero-order chi connectivity index (χ0) is 19.4. The lowest BCUT2D eigenvalue weighted by molar-refractivity contribution is -0.384. The molecule has 9 heteroatoms. The molecule has 0 spiro atoms. The molecule has 26 heavy (non-hydrogen) atoms. The molecule has 0 atom stereocenters. The van der Waals surface area contributed by atoms with Gasteiger partial charge in [-0.25, -0.2) is 0 Å². The number of nitro groups is 2. The van der Waals surface area contributed by atoms with Crippen LogP contribution < -0.4 is 5.32 Å². The molecule has 8 nitrogen and oxygen atoms in total. The number of carbonyl (C=O) groups excluding carboxylic acids is 1. The molecule has 0 heterocycles. The van der Waals surface area contributed by atoms with Crippen molar-refractivity contribution in [3.63, 3.8) is 0 Å². The first-order chi connectivity index (χ1) is 12.2. The summed E-state index contributed by atoms with van der Waals surface area (Å²) in [6, 6.07) is 7.02. The molecule has 2 aromatic carbocycles. The summed E-state index contributed by atoms with van der Waals surface area (Å²) in [5.74, 6) is -0.598. The van der Waals surface area contributed by atoms with Gasteiger partial charge in [0.1, 0.15) is 10.7 Å². The number of carbonyl (C=O) groups is 1. The predicted molar refractivity (Wildman–Crippen MR) is 98.3 cm³/mol. The van der Waals surface area contributed by atoms with E-state index in [0.717, 1.165) is 11.6 Å². The van der Waals surface area contributed by atoms with Crippen molar-refractivity contribution in [3.05, 3.63) is 78.3 Å². The van der Waals surface area contributed by atoms with Crippen molar-refractivity contribution < 1.29 is 14.6 Å². The van der Waals surface area contributed by atoms with E-state index in [2.05, 4.69) is 5.32 Å². The number of amides is 1. The predicted octanol–water partition coefficient (Wildman–Crippen LogP) is 4.43. The highest BCUT2D eigenvalue weighted by Crippen LogP contribution is 2.30. The number of anilines is 1. The second kappa shape index (κ2) is 7.75. The largest absolute Gasteiger partial charge is 0.317 e. The molecule has 2 aromatic rings. The third kappa shape index (κ3) is 4.22. The number of benzene rings is 2. The summed E-state index contributed by atoms with van der Waals surface area (Å²) in [6.07, 6.45) is 2.49. The van der Waals surface area contributed by atoms with Gasteiger partial charge in [0.25, 0.3) is 11.4 Å². The molecule has 0 aliphatic rings. The molecule has 0 fully saturated rings. The van der Waals surface area contributed by atoms with Crippen molar-refractivity contribution in [1.29, 1.82) is 0 Å². The molecule has 134 valence electrons. The third-order valence-electron chi connectivity index (χ3n) is 3.75. The summed E-state index contributed by atoms with van der Waals surface area (Å²) in [5, 5.41) is 24.5.